The number of ether oxygens (including phenoxy) is 1. The highest BCUT2D eigenvalue weighted by atomic mass is 32.1. The van der Waals surface area contributed by atoms with Crippen LogP contribution in [0, 0.1) is 12.8 Å². The number of hydrogen-bond acceptors (Lipinski definition) is 9. The molecule has 2 aliphatic rings. The molecule has 2 fully saturated rings. The number of nitrogens with zero attached hydrogens (tertiary/aromatic N) is 4. The molecule has 0 aromatic carbocycles. The van der Waals surface area contributed by atoms with Crippen LogP contribution < -0.4 is 16.4 Å². The highest BCUT2D eigenvalue weighted by Gasteiger charge is 2.31. The first-order chi connectivity index (χ1) is 17.0. The number of fused-ring (bicyclic) bond motifs is 1. The zero-order valence-corrected chi connectivity index (χ0v) is 20.9. The van der Waals surface area contributed by atoms with E-state index in [0.717, 1.165) is 45.0 Å². The van der Waals surface area contributed by atoms with Crippen molar-refractivity contribution in [1.29, 1.82) is 0 Å². The summed E-state index contributed by atoms with van der Waals surface area (Å²) in [5, 5.41) is 7.71. The molecule has 1 amide bonds. The predicted molar refractivity (Wildman–Crippen MR) is 139 cm³/mol. The molecular weight excluding hydrogens is 462 g/mol. The lowest BCUT2D eigenvalue weighted by molar-refractivity contribution is -0.121. The number of amides is 1. The number of carbonyl (C=O) groups is 1. The van der Waals surface area contributed by atoms with Crippen LogP contribution >= 0.6 is 11.3 Å². The van der Waals surface area contributed by atoms with Crippen molar-refractivity contribution < 1.29 is 9.53 Å². The van der Waals surface area contributed by atoms with Gasteiger partial charge in [0.15, 0.2) is 0 Å². The van der Waals surface area contributed by atoms with Gasteiger partial charge in [-0.05, 0) is 45.1 Å². The van der Waals surface area contributed by atoms with E-state index in [1.165, 1.54) is 12.8 Å². The highest BCUT2D eigenvalue weighted by Crippen LogP contribution is 2.44. The van der Waals surface area contributed by atoms with E-state index in [9.17, 15) is 4.79 Å². The van der Waals surface area contributed by atoms with Crippen LogP contribution in [-0.4, -0.2) is 51.6 Å². The Bertz CT molecular complexity index is 1260. The van der Waals surface area contributed by atoms with Crippen molar-refractivity contribution >= 4 is 39.2 Å². The first-order valence-corrected chi connectivity index (χ1v) is 12.9. The second-order valence-electron chi connectivity index (χ2n) is 9.34. The average molecular weight is 494 g/mol. The highest BCUT2D eigenvalue weighted by molar-refractivity contribution is 7.21. The Morgan fingerprint density at radius 3 is 2.83 bits per heavy atom. The minimum atomic E-state index is -0.239. The van der Waals surface area contributed by atoms with Crippen LogP contribution in [0.3, 0.4) is 0 Å². The van der Waals surface area contributed by atoms with Gasteiger partial charge in [-0.1, -0.05) is 6.08 Å². The number of pyridine rings is 1. The number of nitrogens with one attached hydrogen (secondary N) is 2. The van der Waals surface area contributed by atoms with Crippen molar-refractivity contribution in [3.05, 3.63) is 36.3 Å². The maximum Gasteiger partial charge on any atom is 0.225 e. The average Bonchev–Trinajstić information content (AvgIpc) is 3.41. The lowest BCUT2D eigenvalue weighted by Gasteiger charge is -2.19. The molecule has 9 nitrogen and oxygen atoms in total. The number of methoxy groups -OCH3 is 1. The fourth-order valence-corrected chi connectivity index (χ4v) is 5.74. The number of thiazole rings is 1. The van der Waals surface area contributed by atoms with Crippen LogP contribution in [0.5, 0.6) is 0 Å². The number of anilines is 2. The Kier molecular flexibility index (Phi) is 6.66. The molecule has 3 heterocycles. The summed E-state index contributed by atoms with van der Waals surface area (Å²) in [7, 11) is 1.64. The zero-order chi connectivity index (χ0) is 24.5. The van der Waals surface area contributed by atoms with Crippen molar-refractivity contribution in [1.82, 2.24) is 19.9 Å². The van der Waals surface area contributed by atoms with E-state index in [1.54, 1.807) is 24.5 Å². The predicted octanol–water partition coefficient (Wildman–Crippen LogP) is 4.01. The molecule has 2 aliphatic carbocycles. The molecule has 3 aromatic heterocycles. The van der Waals surface area contributed by atoms with E-state index < -0.39 is 0 Å². The third-order valence-electron chi connectivity index (χ3n) is 6.81. The Morgan fingerprint density at radius 1 is 1.31 bits per heavy atom. The van der Waals surface area contributed by atoms with Crippen molar-refractivity contribution in [2.75, 3.05) is 24.3 Å². The number of hydrogen-bond donors (Lipinski definition) is 3. The second-order valence-corrected chi connectivity index (χ2v) is 10.4. The summed E-state index contributed by atoms with van der Waals surface area (Å²) in [5.41, 5.74) is 9.34. The van der Waals surface area contributed by atoms with Gasteiger partial charge in [-0.15, -0.1) is 17.9 Å². The Balaban J connectivity index is 1.51. The lowest BCUT2D eigenvalue weighted by atomic mass is 10.1. The molecular formula is C25H31N7O2S. The van der Waals surface area contributed by atoms with Gasteiger partial charge in [0.2, 0.25) is 11.9 Å². The quantitative estimate of drug-likeness (QED) is 0.361. The maximum absolute atomic E-state index is 11.7. The molecule has 3 atom stereocenters. The summed E-state index contributed by atoms with van der Waals surface area (Å²) in [6.45, 7) is 6.28. The van der Waals surface area contributed by atoms with Crippen molar-refractivity contribution in [3.8, 4) is 10.6 Å². The zero-order valence-electron chi connectivity index (χ0n) is 20.1. The summed E-state index contributed by atoms with van der Waals surface area (Å²) >= 11 is 1.63. The molecule has 0 aliphatic heterocycles. The van der Waals surface area contributed by atoms with Crippen LogP contribution in [0.25, 0.3) is 20.8 Å². The smallest absolute Gasteiger partial charge is 0.225 e. The molecule has 2 saturated carbocycles. The first kappa shape index (κ1) is 23.6. The fraction of sp³-hybridized carbons (Fsp3) is 0.480. The van der Waals surface area contributed by atoms with Crippen molar-refractivity contribution in [2.24, 2.45) is 11.7 Å². The Hall–Kier alpha value is -3.11. The van der Waals surface area contributed by atoms with Gasteiger partial charge >= 0.3 is 0 Å². The number of rotatable bonds is 10. The number of nitrogens with two attached hydrogens (primary N) is 1. The van der Waals surface area contributed by atoms with E-state index in [0.29, 0.717) is 30.6 Å². The molecule has 0 bridgehead atoms. The van der Waals surface area contributed by atoms with E-state index in [1.807, 2.05) is 19.2 Å². The van der Waals surface area contributed by atoms with Gasteiger partial charge in [0.1, 0.15) is 16.3 Å². The summed E-state index contributed by atoms with van der Waals surface area (Å²) in [6, 6.07) is 2.13. The molecule has 184 valence electrons. The Morgan fingerprint density at radius 2 is 2.14 bits per heavy atom. The number of carbonyl (C=O) groups excluding carboxylic acids is 1. The van der Waals surface area contributed by atoms with Crippen molar-refractivity contribution in [2.45, 2.75) is 57.1 Å². The minimum Gasteiger partial charge on any atom is -0.376 e. The molecule has 0 saturated heterocycles. The fourth-order valence-electron chi connectivity index (χ4n) is 4.67. The van der Waals surface area contributed by atoms with Crippen LogP contribution in [0.15, 0.2) is 24.9 Å². The molecule has 0 spiro atoms. The summed E-state index contributed by atoms with van der Waals surface area (Å²) in [4.78, 5) is 30.9. The monoisotopic (exact) mass is 493 g/mol. The second kappa shape index (κ2) is 9.87. The van der Waals surface area contributed by atoms with E-state index in [-0.39, 0.29) is 24.0 Å². The van der Waals surface area contributed by atoms with Gasteiger partial charge in [0.25, 0.3) is 0 Å². The molecule has 4 N–H and O–H groups in total. The normalized spacial score (nSPS) is 20.6. The molecule has 0 radical (unpaired) electrons. The van der Waals surface area contributed by atoms with Gasteiger partial charge in [0, 0.05) is 37.7 Å². The molecule has 3 aromatic rings. The number of primary amides is 1. The van der Waals surface area contributed by atoms with Crippen molar-refractivity contribution in [3.63, 3.8) is 0 Å². The maximum atomic E-state index is 11.7. The summed E-state index contributed by atoms with van der Waals surface area (Å²) < 4.78 is 6.49. The topological polar surface area (TPSA) is 128 Å². The van der Waals surface area contributed by atoms with E-state index >= 15 is 0 Å². The van der Waals surface area contributed by atoms with Crippen LogP contribution in [-0.2, 0) is 9.53 Å². The van der Waals surface area contributed by atoms with Crippen LogP contribution in [0.1, 0.15) is 49.4 Å². The molecule has 0 unspecified atom stereocenters. The van der Waals surface area contributed by atoms with Gasteiger partial charge in [0.05, 0.1) is 27.8 Å². The van der Waals surface area contributed by atoms with Gasteiger partial charge < -0.3 is 21.1 Å². The van der Waals surface area contributed by atoms with Crippen LogP contribution in [0.4, 0.5) is 11.8 Å². The number of aromatic nitrogens is 4. The Labute approximate surface area is 208 Å². The molecule has 5 rings (SSSR count). The molecule has 10 heteroatoms. The third kappa shape index (κ3) is 4.99. The first-order valence-electron chi connectivity index (χ1n) is 12.1. The number of aryl methyl sites for hydroxylation is 1. The SMILES string of the molecule is C=C[C@H](CNc1nc(C)c(-c2nc3c(C4CC4)nccc3s2)c(N[C@H]2CC[C@@H](C(N)=O)C2)n1)OC. The standard InChI is InChI=1S/C25H31N7O2S/c1-4-17(34-3)12-28-25-29-13(2)19(23(32-25)30-16-8-7-15(11-16)22(26)33)24-31-21-18(35-24)9-10-27-20(21)14-5-6-14/h4,9-10,14-17H,1,5-8,11-12H2,2-3H3,(H2,26,33)(H2,28,29,30,32)/t15-,16+,17-/m1/s1. The van der Waals surface area contributed by atoms with E-state index in [2.05, 4.69) is 22.2 Å². The summed E-state index contributed by atoms with van der Waals surface area (Å²) in [6.07, 6.45) is 8.14. The largest absolute Gasteiger partial charge is 0.376 e. The third-order valence-corrected chi connectivity index (χ3v) is 7.84. The van der Waals surface area contributed by atoms with Gasteiger partial charge in [-0.3, -0.25) is 9.78 Å². The lowest BCUT2D eigenvalue weighted by Crippen LogP contribution is -2.24. The minimum absolute atomic E-state index is 0.103. The summed E-state index contributed by atoms with van der Waals surface area (Å²) in [5.74, 6) is 1.38. The molecule has 35 heavy (non-hydrogen) atoms. The van der Waals surface area contributed by atoms with Crippen LogP contribution in [0.2, 0.25) is 0 Å². The van der Waals surface area contributed by atoms with Gasteiger partial charge in [-0.2, -0.15) is 4.98 Å². The van der Waals surface area contributed by atoms with E-state index in [4.69, 9.17) is 25.4 Å². The van der Waals surface area contributed by atoms with Gasteiger partial charge in [-0.25, -0.2) is 9.97 Å².